The van der Waals surface area contributed by atoms with Crippen LogP contribution in [0.5, 0.6) is 0 Å². The summed E-state index contributed by atoms with van der Waals surface area (Å²) in [7, 11) is 0. The molecule has 2 aromatic rings. The van der Waals surface area contributed by atoms with Gasteiger partial charge in [0.15, 0.2) is 0 Å². The van der Waals surface area contributed by atoms with Crippen molar-refractivity contribution in [3.8, 4) is 0 Å². The summed E-state index contributed by atoms with van der Waals surface area (Å²) in [4.78, 5) is 33.8. The number of aromatic nitrogens is 2. The number of thioether (sulfide) groups is 1. The predicted octanol–water partition coefficient (Wildman–Crippen LogP) is 4.40. The number of hydrogen-bond acceptors (Lipinski definition) is 6. The first kappa shape index (κ1) is 23.9. The average Bonchev–Trinajstić information content (AvgIpc) is 2.77. The van der Waals surface area contributed by atoms with Crippen LogP contribution in [0.3, 0.4) is 0 Å². The predicted molar refractivity (Wildman–Crippen MR) is 125 cm³/mol. The van der Waals surface area contributed by atoms with Crippen molar-refractivity contribution < 1.29 is 14.7 Å². The van der Waals surface area contributed by atoms with Gasteiger partial charge < -0.3 is 15.7 Å². The molecule has 0 fully saturated rings. The van der Waals surface area contributed by atoms with Gasteiger partial charge in [-0.15, -0.1) is 0 Å². The molecule has 0 aliphatic carbocycles. The Kier molecular flexibility index (Phi) is 8.57. The molecular weight excluding hydrogens is 412 g/mol. The van der Waals surface area contributed by atoms with Gasteiger partial charge >= 0.3 is 5.97 Å². The van der Waals surface area contributed by atoms with Crippen LogP contribution in [0.15, 0.2) is 66.2 Å². The van der Waals surface area contributed by atoms with Gasteiger partial charge in [-0.2, -0.15) is 0 Å². The fraction of sp³-hybridized carbons (Fsp3) is 0.217. The fourth-order valence-electron chi connectivity index (χ4n) is 2.52. The summed E-state index contributed by atoms with van der Waals surface area (Å²) in [6.45, 7) is 16.3. The van der Waals surface area contributed by atoms with E-state index in [0.717, 1.165) is 21.8 Å². The molecule has 1 aromatic heterocycles. The number of carbonyl (C=O) groups is 2. The SMILES string of the molecule is C=C(CC)SC(=C)CNC(=C)c1cc(C(=O)NC(C)c2ccc(C(=O)O)cc2)ncn1. The number of carboxylic acids is 1. The Morgan fingerprint density at radius 2 is 1.74 bits per heavy atom. The average molecular weight is 439 g/mol. The van der Waals surface area contributed by atoms with Crippen molar-refractivity contribution in [2.24, 2.45) is 0 Å². The van der Waals surface area contributed by atoms with Gasteiger partial charge in [0.1, 0.15) is 12.0 Å². The third-order valence-corrected chi connectivity index (χ3v) is 5.41. The summed E-state index contributed by atoms with van der Waals surface area (Å²) in [6.07, 6.45) is 2.18. The van der Waals surface area contributed by atoms with Crippen LogP contribution in [0.25, 0.3) is 5.70 Å². The van der Waals surface area contributed by atoms with Crippen LogP contribution in [0, 0.1) is 0 Å². The first-order valence-electron chi connectivity index (χ1n) is 9.64. The number of rotatable bonds is 11. The normalized spacial score (nSPS) is 11.3. The van der Waals surface area contributed by atoms with E-state index in [2.05, 4.69) is 40.3 Å². The van der Waals surface area contributed by atoms with E-state index in [4.69, 9.17) is 5.11 Å². The smallest absolute Gasteiger partial charge is 0.335 e. The summed E-state index contributed by atoms with van der Waals surface area (Å²) >= 11 is 1.53. The monoisotopic (exact) mass is 438 g/mol. The number of aromatic carboxylic acids is 1. The standard InChI is InChI=1S/C23H26N4O3S/c1-6-14(2)31-15(3)12-24-17(5)20-11-21(26-13-25-20)22(28)27-16(4)18-7-9-19(10-8-18)23(29)30/h7-11,13,16,24H,2-3,5-6,12H2,1,4H3,(H,27,28)(H,29,30). The quantitative estimate of drug-likeness (QED) is 0.478. The lowest BCUT2D eigenvalue weighted by molar-refractivity contribution is 0.0696. The molecule has 0 radical (unpaired) electrons. The minimum absolute atomic E-state index is 0.189. The molecule has 3 N–H and O–H groups in total. The van der Waals surface area contributed by atoms with Gasteiger partial charge in [0.05, 0.1) is 23.0 Å². The maximum Gasteiger partial charge on any atom is 0.335 e. The van der Waals surface area contributed by atoms with Crippen LogP contribution in [-0.2, 0) is 0 Å². The Labute approximate surface area is 186 Å². The Bertz CT molecular complexity index is 1000. The number of allylic oxidation sites excluding steroid dienone is 1. The number of benzene rings is 1. The lowest BCUT2D eigenvalue weighted by atomic mass is 10.1. The molecular formula is C23H26N4O3S. The molecule has 0 aliphatic heterocycles. The maximum absolute atomic E-state index is 12.6. The van der Waals surface area contributed by atoms with Crippen molar-refractivity contribution >= 4 is 29.3 Å². The number of amides is 1. The number of carboxylic acid groups (broad SMARTS) is 1. The number of nitrogens with zero attached hydrogens (tertiary/aromatic N) is 2. The van der Waals surface area contributed by atoms with Crippen molar-refractivity contribution in [2.45, 2.75) is 26.3 Å². The maximum atomic E-state index is 12.6. The first-order chi connectivity index (χ1) is 14.7. The number of carbonyl (C=O) groups excluding carboxylic acids is 1. The van der Waals surface area contributed by atoms with Gasteiger partial charge in [0.25, 0.3) is 5.91 Å². The summed E-state index contributed by atoms with van der Waals surface area (Å²) in [5.41, 5.74) is 2.23. The molecule has 1 heterocycles. The van der Waals surface area contributed by atoms with Gasteiger partial charge in [0.2, 0.25) is 0 Å². The summed E-state index contributed by atoms with van der Waals surface area (Å²) in [6, 6.07) is 7.57. The van der Waals surface area contributed by atoms with Crippen molar-refractivity contribution in [1.82, 2.24) is 20.6 Å². The van der Waals surface area contributed by atoms with Gasteiger partial charge in [0, 0.05) is 11.4 Å². The van der Waals surface area contributed by atoms with Crippen LogP contribution in [0.4, 0.5) is 0 Å². The van der Waals surface area contributed by atoms with Crippen molar-refractivity contribution in [3.05, 3.63) is 88.7 Å². The van der Waals surface area contributed by atoms with Crippen LogP contribution in [-0.4, -0.2) is 33.5 Å². The van der Waals surface area contributed by atoms with E-state index < -0.39 is 5.97 Å². The lowest BCUT2D eigenvalue weighted by Gasteiger charge is -2.15. The van der Waals surface area contributed by atoms with Crippen LogP contribution < -0.4 is 10.6 Å². The highest BCUT2D eigenvalue weighted by atomic mass is 32.2. The van der Waals surface area contributed by atoms with Crippen molar-refractivity contribution in [2.75, 3.05) is 6.54 Å². The van der Waals surface area contributed by atoms with E-state index in [9.17, 15) is 9.59 Å². The molecule has 162 valence electrons. The third-order valence-electron chi connectivity index (χ3n) is 4.40. The Morgan fingerprint density at radius 3 is 2.35 bits per heavy atom. The molecule has 0 aliphatic rings. The second-order valence-electron chi connectivity index (χ2n) is 6.78. The van der Waals surface area contributed by atoms with Crippen LogP contribution >= 0.6 is 11.8 Å². The van der Waals surface area contributed by atoms with Gasteiger partial charge in [-0.25, -0.2) is 14.8 Å². The zero-order valence-electron chi connectivity index (χ0n) is 17.6. The van der Waals surface area contributed by atoms with E-state index >= 15 is 0 Å². The third kappa shape index (κ3) is 7.11. The van der Waals surface area contributed by atoms with E-state index in [0.29, 0.717) is 17.9 Å². The summed E-state index contributed by atoms with van der Waals surface area (Å²) in [5, 5.41) is 15.0. The van der Waals surface area contributed by atoms with Crippen molar-refractivity contribution in [3.63, 3.8) is 0 Å². The Balaban J connectivity index is 1.99. The van der Waals surface area contributed by atoms with Gasteiger partial charge in [-0.05, 0) is 42.0 Å². The largest absolute Gasteiger partial charge is 0.478 e. The molecule has 0 bridgehead atoms. The second kappa shape index (κ2) is 11.1. The highest BCUT2D eigenvalue weighted by Crippen LogP contribution is 2.24. The molecule has 2 rings (SSSR count). The summed E-state index contributed by atoms with van der Waals surface area (Å²) in [5.74, 6) is -1.37. The molecule has 7 nitrogen and oxygen atoms in total. The number of nitrogens with one attached hydrogen (secondary N) is 2. The minimum atomic E-state index is -0.997. The molecule has 1 atom stereocenters. The fourth-order valence-corrected chi connectivity index (χ4v) is 3.22. The van der Waals surface area contributed by atoms with Gasteiger partial charge in [-0.3, -0.25) is 4.79 Å². The molecule has 0 saturated heterocycles. The topological polar surface area (TPSA) is 104 Å². The molecule has 0 spiro atoms. The lowest BCUT2D eigenvalue weighted by Crippen LogP contribution is -2.27. The number of hydrogen-bond donors (Lipinski definition) is 3. The van der Waals surface area contributed by atoms with E-state index in [1.54, 1.807) is 18.2 Å². The van der Waals surface area contributed by atoms with Crippen molar-refractivity contribution in [1.29, 1.82) is 0 Å². The molecule has 1 aromatic carbocycles. The zero-order valence-corrected chi connectivity index (χ0v) is 18.5. The molecule has 31 heavy (non-hydrogen) atoms. The van der Waals surface area contributed by atoms with E-state index in [-0.39, 0.29) is 23.2 Å². The molecule has 1 unspecified atom stereocenters. The Morgan fingerprint density at radius 1 is 1.10 bits per heavy atom. The minimum Gasteiger partial charge on any atom is -0.478 e. The molecule has 8 heteroatoms. The zero-order chi connectivity index (χ0) is 23.0. The van der Waals surface area contributed by atoms with E-state index in [1.807, 2.05) is 13.8 Å². The molecule has 0 saturated carbocycles. The highest BCUT2D eigenvalue weighted by molar-refractivity contribution is 8.06. The highest BCUT2D eigenvalue weighted by Gasteiger charge is 2.15. The second-order valence-corrected chi connectivity index (χ2v) is 8.13. The molecule has 1 amide bonds. The first-order valence-corrected chi connectivity index (χ1v) is 10.5. The van der Waals surface area contributed by atoms with Crippen LogP contribution in [0.1, 0.15) is 58.4 Å². The van der Waals surface area contributed by atoms with E-state index in [1.165, 1.54) is 30.2 Å². The van der Waals surface area contributed by atoms with Gasteiger partial charge in [-0.1, -0.05) is 50.6 Å². The Hall–Kier alpha value is -3.39. The van der Waals surface area contributed by atoms with Crippen LogP contribution in [0.2, 0.25) is 0 Å². The summed E-state index contributed by atoms with van der Waals surface area (Å²) < 4.78 is 0.